The van der Waals surface area contributed by atoms with Gasteiger partial charge in [-0.3, -0.25) is 0 Å². The summed E-state index contributed by atoms with van der Waals surface area (Å²) in [5, 5.41) is 0. The van der Waals surface area contributed by atoms with Gasteiger partial charge in [-0.25, -0.2) is 8.78 Å². The molecule has 2 saturated heterocycles. The van der Waals surface area contributed by atoms with E-state index >= 15 is 0 Å². The van der Waals surface area contributed by atoms with Crippen LogP contribution < -0.4 is 0 Å². The van der Waals surface area contributed by atoms with Gasteiger partial charge in [0.25, 0.3) is 0 Å². The van der Waals surface area contributed by atoms with Gasteiger partial charge in [-0.05, 0) is 43.4 Å². The third-order valence-corrected chi connectivity index (χ3v) is 5.59. The Morgan fingerprint density at radius 3 is 2.41 bits per heavy atom. The second kappa shape index (κ2) is 5.27. The van der Waals surface area contributed by atoms with Gasteiger partial charge in [-0.1, -0.05) is 20.8 Å². The van der Waals surface area contributed by atoms with Crippen molar-refractivity contribution in [2.24, 2.45) is 11.8 Å². The van der Waals surface area contributed by atoms with Crippen molar-refractivity contribution >= 4 is 0 Å². The number of benzene rings is 1. The molecule has 122 valence electrons. The molecule has 0 N–H and O–H groups in total. The average molecular weight is 310 g/mol. The highest BCUT2D eigenvalue weighted by Crippen LogP contribution is 2.58. The third-order valence-electron chi connectivity index (χ3n) is 5.59. The summed E-state index contributed by atoms with van der Waals surface area (Å²) in [6.45, 7) is 8.84. The topological polar surface area (TPSA) is 18.5 Å². The van der Waals surface area contributed by atoms with Gasteiger partial charge >= 0.3 is 0 Å². The molecule has 0 spiro atoms. The van der Waals surface area contributed by atoms with Crippen LogP contribution in [0, 0.1) is 23.5 Å². The van der Waals surface area contributed by atoms with Crippen LogP contribution in [-0.2, 0) is 16.1 Å². The molecule has 2 bridgehead atoms. The lowest BCUT2D eigenvalue weighted by Crippen LogP contribution is -2.45. The first kappa shape index (κ1) is 15.9. The summed E-state index contributed by atoms with van der Waals surface area (Å²) in [4.78, 5) is 0. The highest BCUT2D eigenvalue weighted by molar-refractivity contribution is 5.18. The van der Waals surface area contributed by atoms with Crippen LogP contribution in [0.4, 0.5) is 8.78 Å². The standard InChI is InChI=1S/C18H24F2O2/c1-11(2)18-6-5-17(4,22-18)16(12(18)3)21-10-13-7-14(19)9-15(20)8-13/h7-9,11-12,16H,5-6,10H2,1-4H3/t12?,16-,17+,18+/m1/s1. The van der Waals surface area contributed by atoms with Crippen molar-refractivity contribution in [2.75, 3.05) is 0 Å². The molecule has 2 aliphatic rings. The maximum atomic E-state index is 13.3. The van der Waals surface area contributed by atoms with Crippen molar-refractivity contribution in [3.05, 3.63) is 35.4 Å². The van der Waals surface area contributed by atoms with E-state index in [1.807, 2.05) is 0 Å². The fraction of sp³-hybridized carbons (Fsp3) is 0.667. The van der Waals surface area contributed by atoms with Crippen LogP contribution >= 0.6 is 0 Å². The van der Waals surface area contributed by atoms with Crippen LogP contribution in [0.2, 0.25) is 0 Å². The van der Waals surface area contributed by atoms with E-state index in [0.29, 0.717) is 11.5 Å². The van der Waals surface area contributed by atoms with E-state index in [-0.39, 0.29) is 29.8 Å². The predicted molar refractivity (Wildman–Crippen MR) is 80.4 cm³/mol. The number of hydrogen-bond acceptors (Lipinski definition) is 2. The monoisotopic (exact) mass is 310 g/mol. The second-order valence-electron chi connectivity index (χ2n) is 7.32. The van der Waals surface area contributed by atoms with Crippen LogP contribution in [0.3, 0.4) is 0 Å². The Kier molecular flexibility index (Phi) is 3.81. The van der Waals surface area contributed by atoms with Crippen molar-refractivity contribution in [1.29, 1.82) is 0 Å². The first-order valence-electron chi connectivity index (χ1n) is 8.03. The van der Waals surface area contributed by atoms with Crippen molar-refractivity contribution in [3.63, 3.8) is 0 Å². The zero-order valence-corrected chi connectivity index (χ0v) is 13.7. The molecule has 2 fully saturated rings. The Hall–Kier alpha value is -1.00. The van der Waals surface area contributed by atoms with E-state index in [1.54, 1.807) is 0 Å². The minimum atomic E-state index is -0.569. The lowest BCUT2D eigenvalue weighted by molar-refractivity contribution is -0.0961. The first-order chi connectivity index (χ1) is 10.3. The molecule has 1 aromatic carbocycles. The Morgan fingerprint density at radius 1 is 1.23 bits per heavy atom. The molecule has 22 heavy (non-hydrogen) atoms. The molecule has 1 unspecified atom stereocenters. The van der Waals surface area contributed by atoms with Crippen molar-refractivity contribution in [2.45, 2.75) is 64.4 Å². The minimum Gasteiger partial charge on any atom is -0.370 e. The van der Waals surface area contributed by atoms with Gasteiger partial charge in [0, 0.05) is 12.0 Å². The maximum Gasteiger partial charge on any atom is 0.126 e. The maximum absolute atomic E-state index is 13.3. The van der Waals surface area contributed by atoms with Crippen molar-refractivity contribution < 1.29 is 18.3 Å². The third kappa shape index (κ3) is 2.37. The molecule has 1 aromatic rings. The van der Waals surface area contributed by atoms with E-state index in [1.165, 1.54) is 12.1 Å². The van der Waals surface area contributed by atoms with Crippen LogP contribution in [0.15, 0.2) is 18.2 Å². The van der Waals surface area contributed by atoms with Gasteiger partial charge < -0.3 is 9.47 Å². The largest absolute Gasteiger partial charge is 0.370 e. The van der Waals surface area contributed by atoms with Crippen LogP contribution in [0.25, 0.3) is 0 Å². The zero-order chi connectivity index (χ0) is 16.1. The highest BCUT2D eigenvalue weighted by Gasteiger charge is 2.65. The van der Waals surface area contributed by atoms with Crippen LogP contribution in [0.1, 0.15) is 46.1 Å². The number of halogens is 2. The summed E-state index contributed by atoms with van der Waals surface area (Å²) in [7, 11) is 0. The SMILES string of the molecule is CC(C)[C@]12CC[C@](C)(O1)[C@H](OCc1cc(F)cc(F)c1)C2C. The molecule has 0 aliphatic carbocycles. The first-order valence-corrected chi connectivity index (χ1v) is 8.03. The number of ether oxygens (including phenoxy) is 2. The van der Waals surface area contributed by atoms with Gasteiger partial charge in [-0.2, -0.15) is 0 Å². The molecule has 3 rings (SSSR count). The summed E-state index contributed by atoms with van der Waals surface area (Å²) < 4.78 is 39.0. The second-order valence-corrected chi connectivity index (χ2v) is 7.32. The number of rotatable bonds is 4. The lowest BCUT2D eigenvalue weighted by atomic mass is 9.69. The van der Waals surface area contributed by atoms with Crippen LogP contribution in [-0.4, -0.2) is 17.3 Å². The quantitative estimate of drug-likeness (QED) is 0.817. The molecule has 0 aromatic heterocycles. The van der Waals surface area contributed by atoms with E-state index in [9.17, 15) is 8.78 Å². The lowest BCUT2D eigenvalue weighted by Gasteiger charge is -2.38. The summed E-state index contributed by atoms with van der Waals surface area (Å²) in [6, 6.07) is 3.52. The summed E-state index contributed by atoms with van der Waals surface area (Å²) in [5.74, 6) is -0.449. The summed E-state index contributed by atoms with van der Waals surface area (Å²) >= 11 is 0. The van der Waals surface area contributed by atoms with E-state index in [4.69, 9.17) is 9.47 Å². The van der Waals surface area contributed by atoms with E-state index in [2.05, 4.69) is 27.7 Å². The van der Waals surface area contributed by atoms with E-state index < -0.39 is 11.6 Å². The van der Waals surface area contributed by atoms with Gasteiger partial charge in [0.05, 0.1) is 23.9 Å². The molecular weight excluding hydrogens is 286 g/mol. The van der Waals surface area contributed by atoms with Gasteiger partial charge in [0.1, 0.15) is 11.6 Å². The molecule has 2 nitrogen and oxygen atoms in total. The molecular formula is C18H24F2O2. The minimum absolute atomic E-state index is 0.0463. The Bertz CT molecular complexity index is 554. The van der Waals surface area contributed by atoms with Crippen molar-refractivity contribution in [3.8, 4) is 0 Å². The predicted octanol–water partition coefficient (Wildman–Crippen LogP) is 4.46. The van der Waals surface area contributed by atoms with E-state index in [0.717, 1.165) is 18.9 Å². The fourth-order valence-corrected chi connectivity index (χ4v) is 4.42. The normalized spacial score (nSPS) is 37.2. The average Bonchev–Trinajstić information content (AvgIpc) is 2.87. The molecule has 2 heterocycles. The number of fused-ring (bicyclic) bond motifs is 2. The van der Waals surface area contributed by atoms with Crippen LogP contribution in [0.5, 0.6) is 0 Å². The van der Waals surface area contributed by atoms with Gasteiger partial charge in [0.2, 0.25) is 0 Å². The highest BCUT2D eigenvalue weighted by atomic mass is 19.1. The summed E-state index contributed by atoms with van der Waals surface area (Å²) in [6.07, 6.45) is 1.98. The molecule has 0 radical (unpaired) electrons. The molecule has 2 aliphatic heterocycles. The zero-order valence-electron chi connectivity index (χ0n) is 13.7. The fourth-order valence-electron chi connectivity index (χ4n) is 4.42. The molecule has 4 atom stereocenters. The van der Waals surface area contributed by atoms with Crippen molar-refractivity contribution in [1.82, 2.24) is 0 Å². The Morgan fingerprint density at radius 2 is 1.86 bits per heavy atom. The Balaban J connectivity index is 1.76. The smallest absolute Gasteiger partial charge is 0.126 e. The van der Waals surface area contributed by atoms with Gasteiger partial charge in [0.15, 0.2) is 0 Å². The van der Waals surface area contributed by atoms with Gasteiger partial charge in [-0.15, -0.1) is 0 Å². The molecule has 0 amide bonds. The molecule has 4 heteroatoms. The summed E-state index contributed by atoms with van der Waals surface area (Å²) in [5.41, 5.74) is 0.0944. The molecule has 0 saturated carbocycles. The Labute approximate surface area is 130 Å². The number of hydrogen-bond donors (Lipinski definition) is 0.